The number of hydrogen-bond acceptors (Lipinski definition) is 6. The molecule has 160 valence electrons. The fourth-order valence-electron chi connectivity index (χ4n) is 2.62. The maximum atomic E-state index is 13.0. The quantitative estimate of drug-likeness (QED) is 0.368. The molecule has 0 bridgehead atoms. The van der Waals surface area contributed by atoms with E-state index in [9.17, 15) is 9.59 Å². The summed E-state index contributed by atoms with van der Waals surface area (Å²) in [5, 5.41) is 3.30. The van der Waals surface area contributed by atoms with Crippen molar-refractivity contribution in [1.29, 1.82) is 0 Å². The first-order valence-corrected chi connectivity index (χ1v) is 10.6. The summed E-state index contributed by atoms with van der Waals surface area (Å²) in [5.41, 5.74) is 0.705. The van der Waals surface area contributed by atoms with Gasteiger partial charge in [0.1, 0.15) is 29.7 Å². The number of hydrogen-bond donors (Lipinski definition) is 1. The Labute approximate surface area is 181 Å². The Bertz CT molecular complexity index is 873. The molecule has 6 nitrogen and oxygen atoms in total. The van der Waals surface area contributed by atoms with Gasteiger partial charge in [0.15, 0.2) is 0 Å². The van der Waals surface area contributed by atoms with Crippen molar-refractivity contribution in [3.05, 3.63) is 65.6 Å². The summed E-state index contributed by atoms with van der Waals surface area (Å²) >= 11 is 1.38. The zero-order valence-corrected chi connectivity index (χ0v) is 18.2. The number of esters is 1. The normalized spacial score (nSPS) is 10.2. The molecule has 0 saturated carbocycles. The number of amides is 1. The van der Waals surface area contributed by atoms with Crippen molar-refractivity contribution in [2.75, 3.05) is 25.1 Å². The number of anilines is 1. The smallest absolute Gasteiger partial charge is 0.341 e. The zero-order chi connectivity index (χ0) is 21.9. The molecule has 1 aromatic heterocycles. The van der Waals surface area contributed by atoms with E-state index in [4.69, 9.17) is 14.2 Å². The summed E-state index contributed by atoms with van der Waals surface area (Å²) in [7, 11) is 0. The maximum absolute atomic E-state index is 13.0. The highest BCUT2D eigenvalue weighted by Crippen LogP contribution is 2.31. The highest BCUT2D eigenvalue weighted by molar-refractivity contribution is 7.16. The van der Waals surface area contributed by atoms with E-state index < -0.39 is 5.97 Å². The van der Waals surface area contributed by atoms with Crippen LogP contribution >= 0.6 is 11.3 Å². The molecule has 30 heavy (non-hydrogen) atoms. The van der Waals surface area contributed by atoms with Gasteiger partial charge < -0.3 is 19.5 Å². The maximum Gasteiger partial charge on any atom is 0.341 e. The highest BCUT2D eigenvalue weighted by atomic mass is 32.1. The minimum absolute atomic E-state index is 0.262. The van der Waals surface area contributed by atoms with Gasteiger partial charge in [0.05, 0.1) is 12.2 Å². The van der Waals surface area contributed by atoms with Crippen LogP contribution in [0.5, 0.6) is 11.5 Å². The average molecular weight is 430 g/mol. The molecule has 7 heteroatoms. The summed E-state index contributed by atoms with van der Waals surface area (Å²) in [6.45, 7) is 11.9. The van der Waals surface area contributed by atoms with Crippen molar-refractivity contribution in [3.63, 3.8) is 0 Å². The van der Waals surface area contributed by atoms with Crippen LogP contribution in [0.15, 0.2) is 49.6 Å². The molecule has 1 heterocycles. The van der Waals surface area contributed by atoms with E-state index in [2.05, 4.69) is 25.4 Å². The van der Waals surface area contributed by atoms with Crippen LogP contribution in [0.1, 0.15) is 45.9 Å². The largest absolute Gasteiger partial charge is 0.489 e. The van der Waals surface area contributed by atoms with Crippen LogP contribution in [0.2, 0.25) is 0 Å². The first-order valence-electron chi connectivity index (χ1n) is 9.76. The molecule has 0 atom stereocenters. The van der Waals surface area contributed by atoms with E-state index >= 15 is 0 Å². The molecular weight excluding hydrogens is 402 g/mol. The van der Waals surface area contributed by atoms with Gasteiger partial charge in [0.25, 0.3) is 5.91 Å². The second-order valence-corrected chi connectivity index (χ2v) is 7.41. The summed E-state index contributed by atoms with van der Waals surface area (Å²) in [6, 6.07) is 6.71. The van der Waals surface area contributed by atoms with Crippen LogP contribution in [-0.2, 0) is 11.2 Å². The molecule has 0 radical (unpaired) electrons. The Morgan fingerprint density at radius 2 is 1.67 bits per heavy atom. The van der Waals surface area contributed by atoms with E-state index in [-0.39, 0.29) is 12.5 Å². The third-order valence-electron chi connectivity index (χ3n) is 3.88. The number of rotatable bonds is 12. The minimum atomic E-state index is -0.454. The Kier molecular flexibility index (Phi) is 9.15. The Morgan fingerprint density at radius 1 is 1.03 bits per heavy atom. The second kappa shape index (κ2) is 11.8. The first kappa shape index (κ1) is 23.2. The molecule has 1 aromatic carbocycles. The van der Waals surface area contributed by atoms with Crippen molar-refractivity contribution in [2.24, 2.45) is 0 Å². The zero-order valence-electron chi connectivity index (χ0n) is 17.4. The predicted octanol–water partition coefficient (Wildman–Crippen LogP) is 5.26. The third kappa shape index (κ3) is 6.49. The van der Waals surface area contributed by atoms with Gasteiger partial charge in [-0.25, -0.2) is 4.79 Å². The molecule has 0 fully saturated rings. The number of aryl methyl sites for hydroxylation is 1. The third-order valence-corrected chi connectivity index (χ3v) is 4.99. The van der Waals surface area contributed by atoms with E-state index in [0.29, 0.717) is 40.8 Å². The Balaban J connectivity index is 2.32. The SMILES string of the molecule is C=CCOc1cc(OCC=C)cc(C(=O)Nc2sc(CCC)cc2C(=O)OCC)c1. The molecule has 1 N–H and O–H groups in total. The van der Waals surface area contributed by atoms with Crippen molar-refractivity contribution < 1.29 is 23.8 Å². The number of nitrogens with one attached hydrogen (secondary N) is 1. The standard InChI is InChI=1S/C23H27NO5S/c1-5-9-19-15-20(23(26)27-8-4)22(30-19)24-21(25)16-12-17(28-10-6-2)14-18(13-16)29-11-7-3/h6-7,12-15H,2-3,5,8-11H2,1,4H3,(H,24,25). The van der Waals surface area contributed by atoms with Crippen molar-refractivity contribution >= 4 is 28.2 Å². The van der Waals surface area contributed by atoms with Crippen LogP contribution in [0.4, 0.5) is 5.00 Å². The van der Waals surface area contributed by atoms with Gasteiger partial charge in [-0.2, -0.15) is 0 Å². The Hall–Kier alpha value is -3.06. The molecule has 0 saturated heterocycles. The van der Waals surface area contributed by atoms with Gasteiger partial charge in [0, 0.05) is 16.5 Å². The number of carbonyl (C=O) groups is 2. The van der Waals surface area contributed by atoms with Crippen molar-refractivity contribution in [3.8, 4) is 11.5 Å². The van der Waals surface area contributed by atoms with Gasteiger partial charge in [-0.05, 0) is 31.5 Å². The van der Waals surface area contributed by atoms with Crippen LogP contribution in [0.3, 0.4) is 0 Å². The summed E-state index contributed by atoms with van der Waals surface area (Å²) < 4.78 is 16.3. The van der Waals surface area contributed by atoms with Crippen LogP contribution in [0.25, 0.3) is 0 Å². The van der Waals surface area contributed by atoms with Gasteiger partial charge >= 0.3 is 5.97 Å². The molecule has 0 aliphatic carbocycles. The van der Waals surface area contributed by atoms with Gasteiger partial charge in [-0.3, -0.25) is 4.79 Å². The van der Waals surface area contributed by atoms with Crippen LogP contribution in [-0.4, -0.2) is 31.7 Å². The predicted molar refractivity (Wildman–Crippen MR) is 120 cm³/mol. The van der Waals surface area contributed by atoms with Crippen LogP contribution in [0, 0.1) is 0 Å². The molecular formula is C23H27NO5S. The number of benzene rings is 1. The second-order valence-electron chi connectivity index (χ2n) is 6.27. The number of ether oxygens (including phenoxy) is 3. The van der Waals surface area contributed by atoms with E-state index in [0.717, 1.165) is 17.7 Å². The molecule has 1 amide bonds. The lowest BCUT2D eigenvalue weighted by Crippen LogP contribution is -2.14. The molecule has 2 aromatic rings. The van der Waals surface area contributed by atoms with E-state index in [1.807, 2.05) is 0 Å². The molecule has 0 aliphatic heterocycles. The topological polar surface area (TPSA) is 73.9 Å². The molecule has 0 unspecified atom stereocenters. The van der Waals surface area contributed by atoms with Gasteiger partial charge in [-0.15, -0.1) is 11.3 Å². The first-order chi connectivity index (χ1) is 14.5. The fourth-order valence-corrected chi connectivity index (χ4v) is 3.76. The minimum Gasteiger partial charge on any atom is -0.489 e. The molecule has 0 spiro atoms. The monoisotopic (exact) mass is 429 g/mol. The fraction of sp³-hybridized carbons (Fsp3) is 0.304. The summed E-state index contributed by atoms with van der Waals surface area (Å²) in [5.74, 6) is 0.123. The van der Waals surface area contributed by atoms with Gasteiger partial charge in [0.2, 0.25) is 0 Å². The Morgan fingerprint density at radius 3 is 2.20 bits per heavy atom. The van der Waals surface area contributed by atoms with Gasteiger partial charge in [-0.1, -0.05) is 38.7 Å². The average Bonchev–Trinajstić information content (AvgIpc) is 3.13. The lowest BCUT2D eigenvalue weighted by Gasteiger charge is -2.11. The van der Waals surface area contributed by atoms with Crippen molar-refractivity contribution in [1.82, 2.24) is 0 Å². The highest BCUT2D eigenvalue weighted by Gasteiger charge is 2.20. The van der Waals surface area contributed by atoms with E-state index in [1.54, 1.807) is 43.3 Å². The summed E-state index contributed by atoms with van der Waals surface area (Å²) in [4.78, 5) is 26.3. The van der Waals surface area contributed by atoms with Crippen molar-refractivity contribution in [2.45, 2.75) is 26.7 Å². The lowest BCUT2D eigenvalue weighted by atomic mass is 10.1. The van der Waals surface area contributed by atoms with E-state index in [1.165, 1.54) is 11.3 Å². The molecule has 2 rings (SSSR count). The summed E-state index contributed by atoms with van der Waals surface area (Å²) in [6.07, 6.45) is 4.98. The lowest BCUT2D eigenvalue weighted by molar-refractivity contribution is 0.0528. The number of carbonyl (C=O) groups excluding carboxylic acids is 2. The number of thiophene rings is 1. The van der Waals surface area contributed by atoms with Crippen LogP contribution < -0.4 is 14.8 Å². The molecule has 0 aliphatic rings.